The van der Waals surface area contributed by atoms with Crippen LogP contribution in [0.25, 0.3) is 0 Å². The zero-order valence-electron chi connectivity index (χ0n) is 13.7. The molecule has 0 radical (unpaired) electrons. The van der Waals surface area contributed by atoms with Crippen molar-refractivity contribution in [2.75, 3.05) is 6.61 Å². The fourth-order valence-electron chi connectivity index (χ4n) is 3.67. The molecule has 0 aliphatic carbocycles. The molecule has 120 valence electrons. The van der Waals surface area contributed by atoms with Gasteiger partial charge in [-0.25, -0.2) is 0 Å². The van der Waals surface area contributed by atoms with E-state index in [2.05, 4.69) is 55.5 Å². The Morgan fingerprint density at radius 1 is 0.957 bits per heavy atom. The Hall–Kier alpha value is -2.09. The van der Waals surface area contributed by atoms with Gasteiger partial charge in [-0.1, -0.05) is 80.4 Å². The number of carbonyl (C=O) groups is 1. The van der Waals surface area contributed by atoms with Crippen molar-refractivity contribution >= 4 is 5.97 Å². The molecule has 23 heavy (non-hydrogen) atoms. The van der Waals surface area contributed by atoms with Crippen molar-refractivity contribution < 1.29 is 9.53 Å². The summed E-state index contributed by atoms with van der Waals surface area (Å²) >= 11 is 0. The van der Waals surface area contributed by atoms with Crippen molar-refractivity contribution in [2.45, 2.75) is 38.0 Å². The summed E-state index contributed by atoms with van der Waals surface area (Å²) in [4.78, 5) is 12.4. The van der Waals surface area contributed by atoms with Crippen LogP contribution in [0.3, 0.4) is 0 Å². The first-order chi connectivity index (χ1) is 11.3. The van der Waals surface area contributed by atoms with Gasteiger partial charge in [0, 0.05) is 11.8 Å². The molecule has 2 aromatic carbocycles. The van der Waals surface area contributed by atoms with Gasteiger partial charge in [0.1, 0.15) is 0 Å². The van der Waals surface area contributed by atoms with E-state index in [0.29, 0.717) is 6.61 Å². The van der Waals surface area contributed by atoms with E-state index < -0.39 is 0 Å². The van der Waals surface area contributed by atoms with Gasteiger partial charge >= 0.3 is 5.97 Å². The van der Waals surface area contributed by atoms with Gasteiger partial charge in [0.15, 0.2) is 0 Å². The molecule has 0 bridgehead atoms. The fraction of sp³-hybridized carbons (Fsp3) is 0.381. The number of benzene rings is 2. The molecule has 0 spiro atoms. The molecule has 0 aromatic heterocycles. The summed E-state index contributed by atoms with van der Waals surface area (Å²) in [6.45, 7) is 2.64. The molecular formula is C21H24O2. The molecule has 2 heteroatoms. The third-order valence-corrected chi connectivity index (χ3v) is 4.86. The summed E-state index contributed by atoms with van der Waals surface area (Å²) in [5, 5.41) is 0. The van der Waals surface area contributed by atoms with E-state index in [1.165, 1.54) is 11.1 Å². The van der Waals surface area contributed by atoms with Crippen LogP contribution >= 0.6 is 0 Å². The SMILES string of the molecule is CCCCC1C(=O)OCC(c2ccccc2)C1c1ccccc1. The number of cyclic esters (lactones) is 1. The van der Waals surface area contributed by atoms with Gasteiger partial charge in [-0.15, -0.1) is 0 Å². The maximum absolute atomic E-state index is 12.4. The highest BCUT2D eigenvalue weighted by Gasteiger charge is 2.41. The smallest absolute Gasteiger partial charge is 0.309 e. The van der Waals surface area contributed by atoms with Crippen molar-refractivity contribution in [3.05, 3.63) is 71.8 Å². The van der Waals surface area contributed by atoms with E-state index in [4.69, 9.17) is 4.74 Å². The second-order valence-electron chi connectivity index (χ2n) is 6.33. The maximum atomic E-state index is 12.4. The minimum absolute atomic E-state index is 0.0283. The molecule has 0 N–H and O–H groups in total. The van der Waals surface area contributed by atoms with Crippen molar-refractivity contribution in [3.8, 4) is 0 Å². The van der Waals surface area contributed by atoms with E-state index in [1.54, 1.807) is 0 Å². The molecular weight excluding hydrogens is 284 g/mol. The number of hydrogen-bond donors (Lipinski definition) is 0. The largest absolute Gasteiger partial charge is 0.465 e. The Kier molecular flexibility index (Phi) is 5.12. The summed E-state index contributed by atoms with van der Waals surface area (Å²) in [5.41, 5.74) is 2.51. The molecule has 0 saturated carbocycles. The van der Waals surface area contributed by atoms with Gasteiger partial charge in [-0.2, -0.15) is 0 Å². The van der Waals surface area contributed by atoms with Gasteiger partial charge in [0.25, 0.3) is 0 Å². The molecule has 1 heterocycles. The Bertz CT molecular complexity index is 621. The summed E-state index contributed by atoms with van der Waals surface area (Å²) in [6, 6.07) is 20.9. The number of carbonyl (C=O) groups excluding carboxylic acids is 1. The predicted octanol–water partition coefficient (Wildman–Crippen LogP) is 4.92. The molecule has 3 atom stereocenters. The highest BCUT2D eigenvalue weighted by atomic mass is 16.5. The van der Waals surface area contributed by atoms with Crippen LogP contribution < -0.4 is 0 Å². The van der Waals surface area contributed by atoms with Crippen molar-refractivity contribution in [1.29, 1.82) is 0 Å². The summed E-state index contributed by atoms with van der Waals surface area (Å²) < 4.78 is 5.57. The first kappa shape index (κ1) is 15.8. The third-order valence-electron chi connectivity index (χ3n) is 4.86. The zero-order valence-corrected chi connectivity index (χ0v) is 13.7. The summed E-state index contributed by atoms with van der Waals surface area (Å²) in [5.74, 6) is 0.361. The number of ether oxygens (including phenoxy) is 1. The number of rotatable bonds is 5. The average molecular weight is 308 g/mol. The van der Waals surface area contributed by atoms with Crippen LogP contribution in [0, 0.1) is 5.92 Å². The molecule has 2 nitrogen and oxygen atoms in total. The lowest BCUT2D eigenvalue weighted by molar-refractivity contribution is -0.156. The van der Waals surface area contributed by atoms with Crippen LogP contribution in [0.15, 0.2) is 60.7 Å². The standard InChI is InChI=1S/C21H24O2/c1-2-3-14-18-20(17-12-8-5-9-13-17)19(15-23-21(18)22)16-10-6-4-7-11-16/h4-13,18-20H,2-3,14-15H2,1H3. The molecule has 1 fully saturated rings. The average Bonchev–Trinajstić information content (AvgIpc) is 2.62. The monoisotopic (exact) mass is 308 g/mol. The van der Waals surface area contributed by atoms with Gasteiger partial charge in [-0.05, 0) is 17.5 Å². The maximum Gasteiger partial charge on any atom is 0.309 e. The van der Waals surface area contributed by atoms with Crippen LogP contribution in [0.1, 0.15) is 49.1 Å². The van der Waals surface area contributed by atoms with E-state index in [-0.39, 0.29) is 23.7 Å². The Morgan fingerprint density at radius 3 is 2.17 bits per heavy atom. The van der Waals surface area contributed by atoms with E-state index in [0.717, 1.165) is 19.3 Å². The van der Waals surface area contributed by atoms with E-state index in [1.807, 2.05) is 12.1 Å². The summed E-state index contributed by atoms with van der Waals surface area (Å²) in [7, 11) is 0. The number of hydrogen-bond acceptors (Lipinski definition) is 2. The molecule has 1 aliphatic heterocycles. The number of unbranched alkanes of at least 4 members (excludes halogenated alkanes) is 1. The lowest BCUT2D eigenvalue weighted by Gasteiger charge is -2.37. The molecule has 0 amide bonds. The highest BCUT2D eigenvalue weighted by molar-refractivity contribution is 5.75. The number of esters is 1. The first-order valence-electron chi connectivity index (χ1n) is 8.57. The predicted molar refractivity (Wildman–Crippen MR) is 92.3 cm³/mol. The van der Waals surface area contributed by atoms with Crippen LogP contribution in [0.4, 0.5) is 0 Å². The Balaban J connectivity index is 1.99. The van der Waals surface area contributed by atoms with Gasteiger partial charge < -0.3 is 4.74 Å². The van der Waals surface area contributed by atoms with Crippen LogP contribution in [0.5, 0.6) is 0 Å². The van der Waals surface area contributed by atoms with Crippen LogP contribution in [-0.4, -0.2) is 12.6 Å². The quantitative estimate of drug-likeness (QED) is 0.733. The van der Waals surface area contributed by atoms with E-state index in [9.17, 15) is 4.79 Å². The van der Waals surface area contributed by atoms with Crippen molar-refractivity contribution in [1.82, 2.24) is 0 Å². The topological polar surface area (TPSA) is 26.3 Å². The van der Waals surface area contributed by atoms with E-state index >= 15 is 0 Å². The minimum Gasteiger partial charge on any atom is -0.465 e. The van der Waals surface area contributed by atoms with Crippen molar-refractivity contribution in [3.63, 3.8) is 0 Å². The normalized spacial score (nSPS) is 24.2. The first-order valence-corrected chi connectivity index (χ1v) is 8.57. The lowest BCUT2D eigenvalue weighted by atomic mass is 9.71. The third kappa shape index (κ3) is 3.47. The Labute approximate surface area is 138 Å². The molecule has 3 rings (SSSR count). The molecule has 2 aromatic rings. The minimum atomic E-state index is -0.0451. The second-order valence-corrected chi connectivity index (χ2v) is 6.33. The van der Waals surface area contributed by atoms with Crippen molar-refractivity contribution in [2.24, 2.45) is 5.92 Å². The highest BCUT2D eigenvalue weighted by Crippen LogP contribution is 2.44. The van der Waals surface area contributed by atoms with Gasteiger partial charge in [0.2, 0.25) is 0 Å². The van der Waals surface area contributed by atoms with Gasteiger partial charge in [0.05, 0.1) is 12.5 Å². The second kappa shape index (κ2) is 7.45. The molecule has 3 unspecified atom stereocenters. The molecule has 1 saturated heterocycles. The zero-order chi connectivity index (χ0) is 16.1. The Morgan fingerprint density at radius 2 is 1.57 bits per heavy atom. The summed E-state index contributed by atoms with van der Waals surface area (Å²) in [6.07, 6.45) is 3.06. The lowest BCUT2D eigenvalue weighted by Crippen LogP contribution is -2.36. The molecule has 1 aliphatic rings. The van der Waals surface area contributed by atoms with Crippen LogP contribution in [0.2, 0.25) is 0 Å². The fourth-order valence-corrected chi connectivity index (χ4v) is 3.67. The van der Waals surface area contributed by atoms with Gasteiger partial charge in [-0.3, -0.25) is 4.79 Å². The van der Waals surface area contributed by atoms with Crippen LogP contribution in [-0.2, 0) is 9.53 Å².